The van der Waals surface area contributed by atoms with Crippen molar-refractivity contribution in [3.63, 3.8) is 0 Å². The molecule has 1 aromatic rings. The van der Waals surface area contributed by atoms with Crippen molar-refractivity contribution in [2.45, 2.75) is 6.92 Å². The minimum Gasteiger partial charge on any atom is -0.384 e. The molecule has 0 saturated heterocycles. The van der Waals surface area contributed by atoms with Gasteiger partial charge in [-0.15, -0.1) is 0 Å². The highest BCUT2D eigenvalue weighted by molar-refractivity contribution is 7.91. The summed E-state index contributed by atoms with van der Waals surface area (Å²) in [4.78, 5) is 4.06. The minimum absolute atomic E-state index is 0.153. The SMILES string of the molecule is CCS(=O)(=O)CCNc1ccnc(NC)c1. The van der Waals surface area contributed by atoms with Crippen LogP contribution < -0.4 is 10.6 Å². The molecular weight excluding hydrogens is 226 g/mol. The minimum atomic E-state index is -2.90. The van der Waals surface area contributed by atoms with Gasteiger partial charge in [-0.2, -0.15) is 0 Å². The fourth-order valence-corrected chi connectivity index (χ4v) is 1.87. The molecule has 0 saturated carbocycles. The number of hydrogen-bond donors (Lipinski definition) is 2. The highest BCUT2D eigenvalue weighted by Gasteiger charge is 2.06. The van der Waals surface area contributed by atoms with E-state index in [1.807, 2.05) is 6.07 Å². The van der Waals surface area contributed by atoms with E-state index in [1.54, 1.807) is 26.2 Å². The van der Waals surface area contributed by atoms with Gasteiger partial charge in [-0.25, -0.2) is 13.4 Å². The number of hydrogen-bond acceptors (Lipinski definition) is 5. The zero-order valence-electron chi connectivity index (χ0n) is 9.53. The summed E-state index contributed by atoms with van der Waals surface area (Å²) in [5.74, 6) is 1.09. The third-order valence-corrected chi connectivity index (χ3v) is 3.90. The Labute approximate surface area is 96.2 Å². The molecule has 6 heteroatoms. The molecule has 2 N–H and O–H groups in total. The third kappa shape index (κ3) is 4.06. The van der Waals surface area contributed by atoms with Gasteiger partial charge in [0, 0.05) is 37.3 Å². The number of aromatic nitrogens is 1. The van der Waals surface area contributed by atoms with Crippen LogP contribution in [0.2, 0.25) is 0 Å². The Bertz CT molecular complexity index is 431. The molecule has 0 bridgehead atoms. The zero-order valence-corrected chi connectivity index (χ0v) is 10.3. The summed E-state index contributed by atoms with van der Waals surface area (Å²) in [7, 11) is -1.11. The van der Waals surface area contributed by atoms with Crippen LogP contribution in [0.1, 0.15) is 6.92 Å². The van der Waals surface area contributed by atoms with E-state index in [4.69, 9.17) is 0 Å². The fourth-order valence-electron chi connectivity index (χ4n) is 1.17. The number of nitrogens with one attached hydrogen (secondary N) is 2. The van der Waals surface area contributed by atoms with Crippen LogP contribution in [0.5, 0.6) is 0 Å². The standard InChI is InChI=1S/C10H17N3O2S/c1-3-16(14,15)7-6-12-9-4-5-13-10(8-9)11-2/h4-5,8H,3,6-7H2,1-2H3,(H2,11,12,13). The summed E-state index contributed by atoms with van der Waals surface area (Å²) < 4.78 is 22.5. The summed E-state index contributed by atoms with van der Waals surface area (Å²) >= 11 is 0. The van der Waals surface area contributed by atoms with Gasteiger partial charge in [-0.1, -0.05) is 6.92 Å². The second-order valence-corrected chi connectivity index (χ2v) is 5.82. The van der Waals surface area contributed by atoms with Gasteiger partial charge in [0.05, 0.1) is 5.75 Å². The Balaban J connectivity index is 2.49. The largest absolute Gasteiger partial charge is 0.384 e. The zero-order chi connectivity index (χ0) is 12.0. The van der Waals surface area contributed by atoms with E-state index in [1.165, 1.54) is 0 Å². The van der Waals surface area contributed by atoms with E-state index < -0.39 is 9.84 Å². The molecule has 0 aliphatic carbocycles. The number of rotatable bonds is 6. The maximum atomic E-state index is 11.2. The van der Waals surface area contributed by atoms with Crippen LogP contribution in [-0.2, 0) is 9.84 Å². The maximum absolute atomic E-state index is 11.2. The molecule has 1 rings (SSSR count). The molecule has 5 nitrogen and oxygen atoms in total. The van der Waals surface area contributed by atoms with Crippen LogP contribution in [0.3, 0.4) is 0 Å². The van der Waals surface area contributed by atoms with Crippen LogP contribution in [0.25, 0.3) is 0 Å². The second kappa shape index (κ2) is 5.69. The van der Waals surface area contributed by atoms with E-state index in [9.17, 15) is 8.42 Å². The van der Waals surface area contributed by atoms with Gasteiger partial charge in [0.1, 0.15) is 5.82 Å². The Morgan fingerprint density at radius 3 is 2.81 bits per heavy atom. The molecule has 0 radical (unpaired) electrons. The van der Waals surface area contributed by atoms with Crippen LogP contribution in [0.15, 0.2) is 18.3 Å². The smallest absolute Gasteiger partial charge is 0.151 e. The van der Waals surface area contributed by atoms with Crippen molar-refractivity contribution in [2.75, 3.05) is 35.7 Å². The molecule has 1 heterocycles. The van der Waals surface area contributed by atoms with Crippen molar-refractivity contribution >= 4 is 21.3 Å². The number of pyridine rings is 1. The van der Waals surface area contributed by atoms with Crippen molar-refractivity contribution in [1.82, 2.24) is 4.98 Å². The Hall–Kier alpha value is -1.30. The molecule has 0 fully saturated rings. The Kier molecular flexibility index (Phi) is 4.54. The van der Waals surface area contributed by atoms with Crippen molar-refractivity contribution < 1.29 is 8.42 Å². The van der Waals surface area contributed by atoms with Gasteiger partial charge >= 0.3 is 0 Å². The van der Waals surface area contributed by atoms with Crippen molar-refractivity contribution in [2.24, 2.45) is 0 Å². The maximum Gasteiger partial charge on any atom is 0.151 e. The van der Waals surface area contributed by atoms with Crippen LogP contribution in [-0.4, -0.2) is 38.5 Å². The Morgan fingerprint density at radius 2 is 2.19 bits per heavy atom. The molecule has 90 valence electrons. The summed E-state index contributed by atoms with van der Waals surface area (Å²) in [6.07, 6.45) is 1.67. The summed E-state index contributed by atoms with van der Waals surface area (Å²) in [6, 6.07) is 3.64. The molecule has 0 unspecified atom stereocenters. The van der Waals surface area contributed by atoms with Crippen LogP contribution in [0.4, 0.5) is 11.5 Å². The van der Waals surface area contributed by atoms with Crippen molar-refractivity contribution in [3.05, 3.63) is 18.3 Å². The normalized spacial score (nSPS) is 11.1. The van der Waals surface area contributed by atoms with Gasteiger partial charge < -0.3 is 10.6 Å². The van der Waals surface area contributed by atoms with E-state index in [-0.39, 0.29) is 11.5 Å². The third-order valence-electron chi connectivity index (χ3n) is 2.20. The Morgan fingerprint density at radius 1 is 1.44 bits per heavy atom. The quantitative estimate of drug-likeness (QED) is 0.779. The predicted octanol–water partition coefficient (Wildman–Crippen LogP) is 0.970. The van der Waals surface area contributed by atoms with Gasteiger partial charge in [0.2, 0.25) is 0 Å². The van der Waals surface area contributed by atoms with Gasteiger partial charge in [0.15, 0.2) is 9.84 Å². The molecule has 16 heavy (non-hydrogen) atoms. The molecular formula is C10H17N3O2S. The summed E-state index contributed by atoms with van der Waals surface area (Å²) in [5, 5.41) is 5.97. The lowest BCUT2D eigenvalue weighted by Crippen LogP contribution is -2.17. The second-order valence-electron chi connectivity index (χ2n) is 3.34. The van der Waals surface area contributed by atoms with Crippen molar-refractivity contribution in [3.8, 4) is 0 Å². The highest BCUT2D eigenvalue weighted by Crippen LogP contribution is 2.10. The molecule has 0 amide bonds. The lowest BCUT2D eigenvalue weighted by molar-refractivity contribution is 0.597. The topological polar surface area (TPSA) is 71.1 Å². The van der Waals surface area contributed by atoms with E-state index in [2.05, 4.69) is 15.6 Å². The average molecular weight is 243 g/mol. The van der Waals surface area contributed by atoms with Crippen LogP contribution >= 0.6 is 0 Å². The predicted molar refractivity (Wildman–Crippen MR) is 66.6 cm³/mol. The monoisotopic (exact) mass is 243 g/mol. The molecule has 0 aliphatic heterocycles. The first-order chi connectivity index (χ1) is 7.57. The number of nitrogens with zero attached hydrogens (tertiary/aromatic N) is 1. The summed E-state index contributed by atoms with van der Waals surface area (Å²) in [6.45, 7) is 2.07. The molecule has 0 spiro atoms. The van der Waals surface area contributed by atoms with E-state index >= 15 is 0 Å². The van der Waals surface area contributed by atoms with Crippen LogP contribution in [0, 0.1) is 0 Å². The lowest BCUT2D eigenvalue weighted by atomic mass is 10.4. The molecule has 0 aliphatic rings. The van der Waals surface area contributed by atoms with Crippen molar-refractivity contribution in [1.29, 1.82) is 0 Å². The first-order valence-corrected chi connectivity index (χ1v) is 6.97. The number of anilines is 2. The first kappa shape index (κ1) is 12.8. The molecule has 1 aromatic heterocycles. The number of sulfone groups is 1. The lowest BCUT2D eigenvalue weighted by Gasteiger charge is -2.07. The first-order valence-electron chi connectivity index (χ1n) is 5.15. The summed E-state index contributed by atoms with van der Waals surface area (Å²) in [5.41, 5.74) is 0.866. The average Bonchev–Trinajstić information content (AvgIpc) is 2.29. The van der Waals surface area contributed by atoms with Gasteiger partial charge in [-0.05, 0) is 6.07 Å². The van der Waals surface area contributed by atoms with Gasteiger partial charge in [0.25, 0.3) is 0 Å². The van der Waals surface area contributed by atoms with E-state index in [0.29, 0.717) is 6.54 Å². The fraction of sp³-hybridized carbons (Fsp3) is 0.500. The molecule has 0 aromatic carbocycles. The molecule has 0 atom stereocenters. The van der Waals surface area contributed by atoms with E-state index in [0.717, 1.165) is 11.5 Å². The highest BCUT2D eigenvalue weighted by atomic mass is 32.2. The van der Waals surface area contributed by atoms with Gasteiger partial charge in [-0.3, -0.25) is 0 Å².